The monoisotopic (exact) mass is 321 g/mol. The summed E-state index contributed by atoms with van der Waals surface area (Å²) in [6, 6.07) is 4.04. The Morgan fingerprint density at radius 1 is 1.53 bits per heavy atom. The van der Waals surface area contributed by atoms with Crippen molar-refractivity contribution < 1.29 is 13.6 Å². The van der Waals surface area contributed by atoms with Gasteiger partial charge >= 0.3 is 0 Å². The van der Waals surface area contributed by atoms with Gasteiger partial charge in [0.05, 0.1) is 5.56 Å². The molecule has 5 heteroatoms. The van der Waals surface area contributed by atoms with Gasteiger partial charge in [-0.25, -0.2) is 8.78 Å². The molecule has 1 rings (SSSR count). The molecule has 0 aromatic heterocycles. The van der Waals surface area contributed by atoms with Gasteiger partial charge in [-0.2, -0.15) is 5.26 Å². The molecular formula is C10H6F2INO. The van der Waals surface area contributed by atoms with Crippen LogP contribution in [0.2, 0.25) is 0 Å². The smallest absolute Gasteiger partial charge is 0.263 e. The van der Waals surface area contributed by atoms with Gasteiger partial charge in [-0.05, 0) is 41.6 Å². The lowest BCUT2D eigenvalue weighted by atomic mass is 10.0. The van der Waals surface area contributed by atoms with Crippen LogP contribution in [0.4, 0.5) is 8.78 Å². The number of hydrogen-bond donors (Lipinski definition) is 0. The summed E-state index contributed by atoms with van der Waals surface area (Å²) in [6.45, 7) is 1.29. The Kier molecular flexibility index (Phi) is 3.74. The van der Waals surface area contributed by atoms with Crippen LogP contribution in [0.15, 0.2) is 12.1 Å². The number of carbonyl (C=O) groups excluding carboxylic acids is 1. The number of rotatable bonds is 2. The van der Waals surface area contributed by atoms with Crippen molar-refractivity contribution in [1.82, 2.24) is 0 Å². The van der Waals surface area contributed by atoms with Gasteiger partial charge in [0.15, 0.2) is 5.78 Å². The summed E-state index contributed by atoms with van der Waals surface area (Å²) in [4.78, 5) is 11.2. The Labute approximate surface area is 99.0 Å². The highest BCUT2D eigenvalue weighted by Crippen LogP contribution is 2.26. The van der Waals surface area contributed by atoms with Gasteiger partial charge in [0, 0.05) is 14.7 Å². The number of hydrogen-bond acceptors (Lipinski definition) is 2. The Morgan fingerprint density at radius 2 is 2.13 bits per heavy atom. The van der Waals surface area contributed by atoms with Gasteiger partial charge in [-0.3, -0.25) is 4.79 Å². The number of alkyl halides is 2. The summed E-state index contributed by atoms with van der Waals surface area (Å²) in [7, 11) is 0. The van der Waals surface area contributed by atoms with Gasteiger partial charge in [0.2, 0.25) is 0 Å². The zero-order valence-electron chi connectivity index (χ0n) is 7.72. The van der Waals surface area contributed by atoms with E-state index < -0.39 is 6.43 Å². The number of halogens is 3. The molecule has 0 radical (unpaired) electrons. The van der Waals surface area contributed by atoms with Gasteiger partial charge in [-0.1, -0.05) is 0 Å². The number of benzene rings is 1. The molecule has 0 unspecified atom stereocenters. The van der Waals surface area contributed by atoms with Crippen LogP contribution < -0.4 is 0 Å². The summed E-state index contributed by atoms with van der Waals surface area (Å²) >= 11 is 1.81. The van der Waals surface area contributed by atoms with Gasteiger partial charge in [-0.15, -0.1) is 0 Å². The fraction of sp³-hybridized carbons (Fsp3) is 0.200. The van der Waals surface area contributed by atoms with Gasteiger partial charge in [0.25, 0.3) is 6.43 Å². The largest absolute Gasteiger partial charge is 0.294 e. The first-order valence-electron chi connectivity index (χ1n) is 4.00. The SMILES string of the molecule is CC(=O)c1cc(C(F)F)cc(C#N)c1I. The molecule has 2 nitrogen and oxygen atoms in total. The molecule has 0 saturated carbocycles. The van der Waals surface area contributed by atoms with Crippen molar-refractivity contribution in [1.29, 1.82) is 5.26 Å². The first-order valence-corrected chi connectivity index (χ1v) is 5.08. The molecule has 0 aliphatic rings. The fourth-order valence-electron chi connectivity index (χ4n) is 1.11. The maximum atomic E-state index is 12.4. The number of nitriles is 1. The molecule has 0 aliphatic heterocycles. The molecule has 0 bridgehead atoms. The highest BCUT2D eigenvalue weighted by molar-refractivity contribution is 14.1. The molecule has 0 aliphatic carbocycles. The van der Waals surface area contributed by atoms with Crippen molar-refractivity contribution in [3.05, 3.63) is 32.4 Å². The van der Waals surface area contributed by atoms with E-state index >= 15 is 0 Å². The standard InChI is InChI=1S/C10H6F2INO/c1-5(15)8-3-6(10(11)12)2-7(4-14)9(8)13/h2-3,10H,1H3. The number of carbonyl (C=O) groups is 1. The van der Waals surface area contributed by atoms with E-state index in [2.05, 4.69) is 0 Å². The Morgan fingerprint density at radius 3 is 2.53 bits per heavy atom. The van der Waals surface area contributed by atoms with Crippen molar-refractivity contribution in [3.63, 3.8) is 0 Å². The molecule has 1 aromatic rings. The lowest BCUT2D eigenvalue weighted by Crippen LogP contribution is -2.01. The highest BCUT2D eigenvalue weighted by atomic mass is 127. The summed E-state index contributed by atoms with van der Waals surface area (Å²) in [5, 5.41) is 8.72. The van der Waals surface area contributed by atoms with Crippen molar-refractivity contribution in [2.24, 2.45) is 0 Å². The van der Waals surface area contributed by atoms with Crippen molar-refractivity contribution in [2.45, 2.75) is 13.3 Å². The first kappa shape index (κ1) is 12.0. The van der Waals surface area contributed by atoms with Gasteiger partial charge in [0.1, 0.15) is 6.07 Å². The molecule has 0 saturated heterocycles. The molecule has 0 N–H and O–H groups in total. The summed E-state index contributed by atoms with van der Waals surface area (Å²) in [5.41, 5.74) is -0.0132. The van der Waals surface area contributed by atoms with Crippen LogP contribution in [0.25, 0.3) is 0 Å². The summed E-state index contributed by atoms with van der Waals surface area (Å²) in [6.07, 6.45) is -2.67. The molecule has 0 heterocycles. The second-order valence-electron chi connectivity index (χ2n) is 2.90. The molecule has 1 aromatic carbocycles. The average molecular weight is 321 g/mol. The Hall–Kier alpha value is -1.03. The normalized spacial score (nSPS) is 10.1. The summed E-state index contributed by atoms with van der Waals surface area (Å²) < 4.78 is 25.3. The third-order valence-electron chi connectivity index (χ3n) is 1.85. The van der Waals surface area contributed by atoms with Crippen LogP contribution in [-0.2, 0) is 0 Å². The van der Waals surface area contributed by atoms with Crippen LogP contribution in [0, 0.1) is 14.9 Å². The van der Waals surface area contributed by atoms with Crippen molar-refractivity contribution >= 4 is 28.4 Å². The van der Waals surface area contributed by atoms with Crippen LogP contribution in [0.3, 0.4) is 0 Å². The maximum absolute atomic E-state index is 12.4. The van der Waals surface area contributed by atoms with Crippen LogP contribution in [-0.4, -0.2) is 5.78 Å². The molecule has 78 valence electrons. The minimum absolute atomic E-state index is 0.110. The Balaban J connectivity index is 3.47. The molecule has 0 amide bonds. The molecule has 0 fully saturated rings. The van der Waals surface area contributed by atoms with Crippen molar-refractivity contribution in [2.75, 3.05) is 0 Å². The fourth-order valence-corrected chi connectivity index (χ4v) is 1.92. The molecule has 0 spiro atoms. The van der Waals surface area contributed by atoms with Crippen LogP contribution in [0.1, 0.15) is 34.8 Å². The average Bonchev–Trinajstić information content (AvgIpc) is 2.17. The maximum Gasteiger partial charge on any atom is 0.263 e. The van der Waals surface area contributed by atoms with E-state index in [0.717, 1.165) is 12.1 Å². The second kappa shape index (κ2) is 4.66. The third-order valence-corrected chi connectivity index (χ3v) is 3.01. The minimum Gasteiger partial charge on any atom is -0.294 e. The topological polar surface area (TPSA) is 40.9 Å². The number of nitrogens with zero attached hydrogens (tertiary/aromatic N) is 1. The summed E-state index contributed by atoms with van der Waals surface area (Å²) in [5.74, 6) is -0.321. The first-order chi connectivity index (χ1) is 6.97. The van der Waals surface area contributed by atoms with E-state index in [1.54, 1.807) is 6.07 Å². The zero-order valence-corrected chi connectivity index (χ0v) is 9.88. The van der Waals surface area contributed by atoms with E-state index in [9.17, 15) is 13.6 Å². The quantitative estimate of drug-likeness (QED) is 0.619. The molecule has 15 heavy (non-hydrogen) atoms. The molecular weight excluding hydrogens is 315 g/mol. The van der Waals surface area contributed by atoms with E-state index in [0.29, 0.717) is 3.57 Å². The third kappa shape index (κ3) is 2.50. The van der Waals surface area contributed by atoms with E-state index in [-0.39, 0.29) is 22.5 Å². The highest BCUT2D eigenvalue weighted by Gasteiger charge is 2.16. The van der Waals surface area contributed by atoms with Crippen LogP contribution in [0.5, 0.6) is 0 Å². The van der Waals surface area contributed by atoms with Crippen molar-refractivity contribution in [3.8, 4) is 6.07 Å². The van der Waals surface area contributed by atoms with Crippen LogP contribution >= 0.6 is 22.6 Å². The van der Waals surface area contributed by atoms with E-state index in [4.69, 9.17) is 5.26 Å². The minimum atomic E-state index is -2.67. The lowest BCUT2D eigenvalue weighted by Gasteiger charge is -2.06. The van der Waals surface area contributed by atoms with E-state index in [1.807, 2.05) is 22.6 Å². The van der Waals surface area contributed by atoms with E-state index in [1.165, 1.54) is 6.92 Å². The van der Waals surface area contributed by atoms with Gasteiger partial charge < -0.3 is 0 Å². The second-order valence-corrected chi connectivity index (χ2v) is 3.98. The number of Topliss-reactive ketones (excluding diaryl/α,β-unsaturated/α-hetero) is 1. The number of ketones is 1. The predicted octanol–water partition coefficient (Wildman–Crippen LogP) is 3.30. The lowest BCUT2D eigenvalue weighted by molar-refractivity contribution is 0.101. The molecule has 0 atom stereocenters. The predicted molar refractivity (Wildman–Crippen MR) is 58.8 cm³/mol. The Bertz CT molecular complexity index is 451. The zero-order chi connectivity index (χ0) is 11.6.